The molecule has 1 aliphatic rings. The summed E-state index contributed by atoms with van der Waals surface area (Å²) >= 11 is 0. The van der Waals surface area contributed by atoms with Crippen molar-refractivity contribution in [2.75, 3.05) is 18.6 Å². The summed E-state index contributed by atoms with van der Waals surface area (Å²) in [5, 5.41) is 6.40. The van der Waals surface area contributed by atoms with Crippen LogP contribution in [0, 0.1) is 0 Å². The summed E-state index contributed by atoms with van der Waals surface area (Å²) in [7, 11) is 1.60. The number of nitrogens with one attached hydrogen (secondary N) is 1. The first-order valence-corrected chi connectivity index (χ1v) is 12.0. The predicted octanol–water partition coefficient (Wildman–Crippen LogP) is 4.32. The van der Waals surface area contributed by atoms with Gasteiger partial charge in [0.1, 0.15) is 29.0 Å². The molecule has 0 saturated heterocycles. The van der Waals surface area contributed by atoms with Gasteiger partial charge in [-0.05, 0) is 48.0 Å². The molecule has 3 aromatic carbocycles. The Balaban J connectivity index is 1.36. The van der Waals surface area contributed by atoms with Gasteiger partial charge in [0.2, 0.25) is 5.91 Å². The Morgan fingerprint density at radius 2 is 1.85 bits per heavy atom. The molecule has 0 radical (unpaired) electrons. The van der Waals surface area contributed by atoms with Gasteiger partial charge in [-0.3, -0.25) is 9.59 Å². The van der Waals surface area contributed by atoms with Gasteiger partial charge in [0.15, 0.2) is 11.5 Å². The number of aromatic amines is 1. The Kier molecular flexibility index (Phi) is 5.67. The van der Waals surface area contributed by atoms with Crippen LogP contribution in [0.1, 0.15) is 6.92 Å². The number of fused-ring (bicyclic) bond motifs is 3. The summed E-state index contributed by atoms with van der Waals surface area (Å²) in [5.41, 5.74) is 1.49. The minimum absolute atomic E-state index is 0.131. The molecule has 0 saturated carbocycles. The van der Waals surface area contributed by atoms with Gasteiger partial charge in [0, 0.05) is 23.9 Å². The average Bonchev–Trinajstić information content (AvgIpc) is 3.53. The zero-order valence-corrected chi connectivity index (χ0v) is 20.8. The third-order valence-corrected chi connectivity index (χ3v) is 6.45. The summed E-state index contributed by atoms with van der Waals surface area (Å²) in [6.45, 7) is 1.53. The van der Waals surface area contributed by atoms with Crippen LogP contribution in [0.15, 0.2) is 65.7 Å². The molecule has 0 spiro atoms. The van der Waals surface area contributed by atoms with Crippen molar-refractivity contribution in [1.82, 2.24) is 19.7 Å². The predicted molar refractivity (Wildman–Crippen MR) is 138 cm³/mol. The number of nitrogens with zero attached hydrogens (tertiary/aromatic N) is 4. The maximum atomic E-state index is 13.5. The van der Waals surface area contributed by atoms with Crippen molar-refractivity contribution >= 4 is 33.4 Å². The number of imidazole rings is 1. The number of benzene rings is 3. The molecule has 0 bridgehead atoms. The van der Waals surface area contributed by atoms with E-state index < -0.39 is 24.3 Å². The lowest BCUT2D eigenvalue weighted by Gasteiger charge is -2.21. The van der Waals surface area contributed by atoms with E-state index in [1.807, 2.05) is 36.4 Å². The van der Waals surface area contributed by atoms with Crippen LogP contribution in [0.3, 0.4) is 0 Å². The summed E-state index contributed by atoms with van der Waals surface area (Å²) in [6.07, 6.45) is -2.37. The molecule has 6 rings (SSSR count). The first kappa shape index (κ1) is 24.3. The lowest BCUT2D eigenvalue weighted by atomic mass is 10.0. The summed E-state index contributed by atoms with van der Waals surface area (Å²) in [6, 6.07) is 15.4. The minimum atomic E-state index is -3.77. The van der Waals surface area contributed by atoms with Gasteiger partial charge in [-0.2, -0.15) is 5.10 Å². The quantitative estimate of drug-likeness (QED) is 0.346. The molecule has 0 atom stereocenters. The van der Waals surface area contributed by atoms with E-state index in [9.17, 15) is 18.4 Å². The Morgan fingerprint density at radius 1 is 1.08 bits per heavy atom. The van der Waals surface area contributed by atoms with Crippen molar-refractivity contribution < 1.29 is 27.8 Å². The van der Waals surface area contributed by atoms with Crippen LogP contribution < -0.4 is 24.7 Å². The van der Waals surface area contributed by atoms with E-state index in [0.717, 1.165) is 21.2 Å². The summed E-state index contributed by atoms with van der Waals surface area (Å²) < 4.78 is 42.2. The van der Waals surface area contributed by atoms with Crippen molar-refractivity contribution in [2.24, 2.45) is 0 Å². The van der Waals surface area contributed by atoms with Crippen molar-refractivity contribution in [3.63, 3.8) is 0 Å². The molecule has 12 heteroatoms. The lowest BCUT2D eigenvalue weighted by Crippen LogP contribution is -2.37. The Morgan fingerprint density at radius 3 is 2.64 bits per heavy atom. The number of methoxy groups -OCH3 is 1. The zero-order valence-electron chi connectivity index (χ0n) is 20.8. The van der Waals surface area contributed by atoms with E-state index in [-0.39, 0.29) is 23.6 Å². The Hall–Kier alpha value is -5.00. The number of ether oxygens (including phenoxy) is 3. The number of rotatable bonds is 6. The zero-order chi connectivity index (χ0) is 27.3. The van der Waals surface area contributed by atoms with E-state index in [4.69, 9.17) is 4.74 Å². The molecular weight excluding hydrogens is 512 g/mol. The van der Waals surface area contributed by atoms with Crippen LogP contribution in [0.5, 0.6) is 17.2 Å². The second-order valence-electron chi connectivity index (χ2n) is 8.80. The van der Waals surface area contributed by atoms with Crippen LogP contribution in [0.4, 0.5) is 14.5 Å². The first-order valence-electron chi connectivity index (χ1n) is 12.0. The SMILES string of the molecule is CCN(C(=O)Cn1nc(-c2ccc3cc(OC)ccc3c2)c2nc[nH]c2c1=O)c1ccc2c(c1)OC(F)(F)O2. The highest BCUT2D eigenvalue weighted by atomic mass is 19.3. The van der Waals surface area contributed by atoms with Gasteiger partial charge in [-0.1, -0.05) is 18.2 Å². The van der Waals surface area contributed by atoms with Crippen LogP contribution >= 0.6 is 0 Å². The summed E-state index contributed by atoms with van der Waals surface area (Å²) in [4.78, 5) is 35.0. The lowest BCUT2D eigenvalue weighted by molar-refractivity contribution is -0.286. The highest BCUT2D eigenvalue weighted by Crippen LogP contribution is 2.43. The first-order chi connectivity index (χ1) is 18.8. The largest absolute Gasteiger partial charge is 0.586 e. The standard InChI is InChI=1S/C27H21F2N5O5/c1-3-33(18-7-9-20-21(12-18)39-27(28,29)38-20)22(35)13-34-26(36)25-24(30-14-31-25)23(32-34)17-5-4-16-11-19(37-2)8-6-15(16)10-17/h4-12,14H,3,13H2,1-2H3,(H,30,31). The number of hydrogen-bond acceptors (Lipinski definition) is 7. The number of hydrogen-bond donors (Lipinski definition) is 1. The number of carbonyl (C=O) groups excluding carboxylic acids is 1. The van der Waals surface area contributed by atoms with Crippen molar-refractivity contribution in [3.8, 4) is 28.5 Å². The number of aromatic nitrogens is 4. The number of likely N-dealkylation sites (N-methyl/N-ethyl adjacent to an activating group) is 1. The maximum absolute atomic E-state index is 13.5. The fraction of sp³-hybridized carbons (Fsp3) is 0.185. The van der Waals surface area contributed by atoms with Crippen LogP contribution in [0.2, 0.25) is 0 Å². The molecule has 0 aliphatic carbocycles. The molecule has 5 aromatic rings. The van der Waals surface area contributed by atoms with Crippen LogP contribution in [-0.2, 0) is 11.3 Å². The molecule has 10 nitrogen and oxygen atoms in total. The van der Waals surface area contributed by atoms with Crippen molar-refractivity contribution in [2.45, 2.75) is 19.8 Å². The molecule has 39 heavy (non-hydrogen) atoms. The highest BCUT2D eigenvalue weighted by molar-refractivity contribution is 5.95. The van der Waals surface area contributed by atoms with E-state index in [2.05, 4.69) is 24.5 Å². The second-order valence-corrected chi connectivity index (χ2v) is 8.80. The van der Waals surface area contributed by atoms with Gasteiger partial charge in [-0.15, -0.1) is 8.78 Å². The molecule has 0 unspecified atom stereocenters. The topological polar surface area (TPSA) is 112 Å². The van der Waals surface area contributed by atoms with Gasteiger partial charge in [-0.25, -0.2) is 9.67 Å². The van der Waals surface area contributed by atoms with Gasteiger partial charge in [0.05, 0.1) is 13.4 Å². The van der Waals surface area contributed by atoms with Gasteiger partial charge >= 0.3 is 6.29 Å². The third-order valence-electron chi connectivity index (χ3n) is 6.45. The van der Waals surface area contributed by atoms with E-state index in [1.54, 1.807) is 14.0 Å². The smallest absolute Gasteiger partial charge is 0.497 e. The number of alkyl halides is 2. The molecule has 2 aromatic heterocycles. The normalized spacial score (nSPS) is 13.6. The van der Waals surface area contributed by atoms with Crippen molar-refractivity contribution in [3.05, 3.63) is 71.3 Å². The maximum Gasteiger partial charge on any atom is 0.586 e. The van der Waals surface area contributed by atoms with Crippen molar-refractivity contribution in [1.29, 1.82) is 0 Å². The molecule has 3 heterocycles. The second kappa shape index (κ2) is 9.08. The van der Waals surface area contributed by atoms with Crippen LogP contribution in [-0.4, -0.2) is 45.6 Å². The number of anilines is 1. The fourth-order valence-electron chi connectivity index (χ4n) is 4.60. The van der Waals surface area contributed by atoms with Gasteiger partial charge in [0.25, 0.3) is 5.56 Å². The number of H-pyrrole nitrogens is 1. The Labute approximate surface area is 219 Å². The monoisotopic (exact) mass is 533 g/mol. The number of carbonyl (C=O) groups is 1. The van der Waals surface area contributed by atoms with E-state index >= 15 is 0 Å². The number of amides is 1. The van der Waals surface area contributed by atoms with Gasteiger partial charge < -0.3 is 24.1 Å². The van der Waals surface area contributed by atoms with E-state index in [0.29, 0.717) is 22.5 Å². The minimum Gasteiger partial charge on any atom is -0.497 e. The number of halogens is 2. The fourth-order valence-corrected chi connectivity index (χ4v) is 4.60. The molecule has 198 valence electrons. The highest BCUT2D eigenvalue weighted by Gasteiger charge is 2.43. The average molecular weight is 533 g/mol. The molecule has 1 N–H and O–H groups in total. The Bertz CT molecular complexity index is 1820. The molecule has 1 aliphatic heterocycles. The third kappa shape index (κ3) is 4.29. The summed E-state index contributed by atoms with van der Waals surface area (Å²) in [5.74, 6) is -0.0673. The molecular formula is C27H21F2N5O5. The van der Waals surface area contributed by atoms with Crippen LogP contribution in [0.25, 0.3) is 33.1 Å². The molecule has 1 amide bonds. The van der Waals surface area contributed by atoms with E-state index in [1.165, 1.54) is 29.4 Å². The molecule has 0 fully saturated rings.